The smallest absolute Gasteiger partial charge is 0.366 e. The third kappa shape index (κ3) is 6.33. The average molecular weight is 631 g/mol. The molecule has 1 fully saturated rings. The summed E-state index contributed by atoms with van der Waals surface area (Å²) in [4.78, 5) is 25.7. The summed E-state index contributed by atoms with van der Waals surface area (Å²) in [6, 6.07) is 5.04. The molecule has 0 aromatic carbocycles. The molecule has 1 saturated heterocycles. The summed E-state index contributed by atoms with van der Waals surface area (Å²) in [5, 5.41) is 2.08. The number of thiazole rings is 1. The number of nitrogens with zero attached hydrogens (tertiary/aromatic N) is 3. The van der Waals surface area contributed by atoms with E-state index in [1.165, 1.54) is 23.7 Å². The topological polar surface area (TPSA) is 108 Å². The van der Waals surface area contributed by atoms with E-state index in [0.29, 0.717) is 64.0 Å². The molecule has 0 radical (unpaired) electrons. The normalized spacial score (nSPS) is 20.5. The lowest BCUT2D eigenvalue weighted by Gasteiger charge is -2.46. The number of hydrogen-bond acceptors (Lipinski definition) is 9. The standard InChI is InChI=1S/C27H33F3N4O4S3/c1-4-41(36,37)20-6-5-19(31-14-20)13-32-24(35)21-12-18-11-16(2)38-26(23(18)39-21)7-9-34(10-8-26)17(3)22-15-33-25(40-22)27(28,29)30/h5-6,12,14-17,36-37H,4,7-11,13H2,1-3H3,(H,32,35)/t16-,17?/m1/s1. The maximum atomic E-state index is 13.1. The molecule has 41 heavy (non-hydrogen) atoms. The van der Waals surface area contributed by atoms with Crippen molar-refractivity contribution < 1.29 is 31.8 Å². The Morgan fingerprint density at radius 1 is 1.24 bits per heavy atom. The zero-order valence-electron chi connectivity index (χ0n) is 22.9. The lowest BCUT2D eigenvalue weighted by Crippen LogP contribution is -2.48. The lowest BCUT2D eigenvalue weighted by molar-refractivity contribution is -0.137. The number of fused-ring (bicyclic) bond motifs is 2. The van der Waals surface area contributed by atoms with E-state index in [-0.39, 0.29) is 30.4 Å². The zero-order chi connectivity index (χ0) is 29.6. The van der Waals surface area contributed by atoms with Crippen LogP contribution in [0.4, 0.5) is 13.2 Å². The van der Waals surface area contributed by atoms with Crippen LogP contribution in [0.1, 0.15) is 75.3 Å². The molecular formula is C27H33F3N4O4S3. The number of pyridine rings is 1. The second-order valence-electron chi connectivity index (χ2n) is 10.5. The van der Waals surface area contributed by atoms with Crippen LogP contribution in [-0.2, 0) is 29.5 Å². The van der Waals surface area contributed by atoms with E-state index in [1.54, 1.807) is 19.1 Å². The fourth-order valence-corrected chi connectivity index (χ4v) is 8.42. The molecular weight excluding hydrogens is 598 g/mol. The first-order valence-electron chi connectivity index (χ1n) is 13.4. The van der Waals surface area contributed by atoms with Crippen molar-refractivity contribution in [3.8, 4) is 0 Å². The fraction of sp³-hybridized carbons (Fsp3) is 0.519. The highest BCUT2D eigenvalue weighted by Crippen LogP contribution is 2.49. The summed E-state index contributed by atoms with van der Waals surface area (Å²) in [6.45, 7) is 7.13. The second-order valence-corrected chi connectivity index (χ2v) is 15.0. The number of amides is 1. The predicted molar refractivity (Wildman–Crippen MR) is 154 cm³/mol. The van der Waals surface area contributed by atoms with Crippen molar-refractivity contribution in [2.75, 3.05) is 18.8 Å². The summed E-state index contributed by atoms with van der Waals surface area (Å²) >= 11 is 2.13. The van der Waals surface area contributed by atoms with Gasteiger partial charge in [-0.05, 0) is 63.8 Å². The third-order valence-electron chi connectivity index (χ3n) is 7.72. The minimum atomic E-state index is -4.44. The summed E-state index contributed by atoms with van der Waals surface area (Å²) in [6.07, 6.45) is 0.351. The molecule has 3 aromatic heterocycles. The highest BCUT2D eigenvalue weighted by atomic mass is 32.3. The van der Waals surface area contributed by atoms with Crippen LogP contribution in [-0.4, -0.2) is 54.8 Å². The molecule has 3 aromatic rings. The predicted octanol–water partition coefficient (Wildman–Crippen LogP) is 6.69. The number of aromatic nitrogens is 2. The largest absolute Gasteiger partial charge is 0.443 e. The van der Waals surface area contributed by atoms with Crippen molar-refractivity contribution in [2.24, 2.45) is 0 Å². The van der Waals surface area contributed by atoms with Crippen molar-refractivity contribution in [3.05, 3.63) is 61.5 Å². The van der Waals surface area contributed by atoms with Crippen LogP contribution in [0.5, 0.6) is 0 Å². The van der Waals surface area contributed by atoms with E-state index >= 15 is 0 Å². The van der Waals surface area contributed by atoms with Crippen molar-refractivity contribution in [3.63, 3.8) is 0 Å². The van der Waals surface area contributed by atoms with E-state index in [0.717, 1.165) is 10.4 Å². The molecule has 0 bridgehead atoms. The summed E-state index contributed by atoms with van der Waals surface area (Å²) < 4.78 is 65.8. The second kappa shape index (κ2) is 11.5. The molecule has 5 heterocycles. The molecule has 2 atom stereocenters. The lowest BCUT2D eigenvalue weighted by atomic mass is 9.83. The Kier molecular flexibility index (Phi) is 8.56. The number of thiophene rings is 1. The van der Waals surface area contributed by atoms with Crippen LogP contribution in [0.3, 0.4) is 0 Å². The van der Waals surface area contributed by atoms with E-state index in [9.17, 15) is 27.1 Å². The first kappa shape index (κ1) is 30.4. The number of rotatable bonds is 7. The summed E-state index contributed by atoms with van der Waals surface area (Å²) in [7, 11) is -2.84. The molecule has 2 aliphatic rings. The number of carbonyl (C=O) groups excluding carboxylic acids is 1. The minimum Gasteiger partial charge on any atom is -0.366 e. The number of piperidine rings is 1. The van der Waals surface area contributed by atoms with Gasteiger partial charge < -0.3 is 10.1 Å². The van der Waals surface area contributed by atoms with Gasteiger partial charge in [-0.3, -0.25) is 23.8 Å². The van der Waals surface area contributed by atoms with Crippen molar-refractivity contribution >= 4 is 39.2 Å². The van der Waals surface area contributed by atoms with Gasteiger partial charge in [-0.2, -0.15) is 23.8 Å². The maximum absolute atomic E-state index is 13.1. The molecule has 0 aliphatic carbocycles. The molecule has 224 valence electrons. The SMILES string of the molecule is CCS(O)(O)c1ccc(CNC(=O)c2cc3c(s2)C2(CCN(C(C)c4cnc(C(F)(F)F)s4)CC2)O[C@H](C)C3)nc1. The Bertz CT molecular complexity index is 1390. The fourth-order valence-electron chi connectivity index (χ4n) is 5.41. The molecule has 1 spiro atoms. The van der Waals surface area contributed by atoms with Crippen LogP contribution in [0, 0.1) is 0 Å². The number of ether oxygens (including phenoxy) is 1. The molecule has 0 saturated carbocycles. The average Bonchev–Trinajstić information content (AvgIpc) is 3.61. The number of alkyl halides is 3. The Balaban J connectivity index is 1.25. The Labute approximate surface area is 246 Å². The Hall–Kier alpha value is -2.07. The number of nitrogens with one attached hydrogen (secondary N) is 1. The van der Waals surface area contributed by atoms with Gasteiger partial charge in [0.15, 0.2) is 5.01 Å². The van der Waals surface area contributed by atoms with Crippen LogP contribution in [0.2, 0.25) is 0 Å². The zero-order valence-corrected chi connectivity index (χ0v) is 25.4. The first-order chi connectivity index (χ1) is 19.3. The molecule has 2 aliphatic heterocycles. The van der Waals surface area contributed by atoms with Gasteiger partial charge >= 0.3 is 6.18 Å². The first-order valence-corrected chi connectivity index (χ1v) is 16.7. The number of hydrogen-bond donors (Lipinski definition) is 3. The Morgan fingerprint density at radius 3 is 2.59 bits per heavy atom. The molecule has 8 nitrogen and oxygen atoms in total. The van der Waals surface area contributed by atoms with Crippen molar-refractivity contribution in [2.45, 2.75) is 75.4 Å². The monoisotopic (exact) mass is 630 g/mol. The number of carbonyl (C=O) groups is 1. The van der Waals surface area contributed by atoms with E-state index < -0.39 is 27.4 Å². The minimum absolute atomic E-state index is 0.0223. The van der Waals surface area contributed by atoms with E-state index in [1.807, 2.05) is 19.9 Å². The summed E-state index contributed by atoms with van der Waals surface area (Å²) in [5.41, 5.74) is 1.18. The quantitative estimate of drug-likeness (QED) is 0.267. The van der Waals surface area contributed by atoms with Crippen LogP contribution >= 0.6 is 33.3 Å². The van der Waals surface area contributed by atoms with Gasteiger partial charge in [0, 0.05) is 40.8 Å². The maximum Gasteiger partial charge on any atom is 0.443 e. The summed E-state index contributed by atoms with van der Waals surface area (Å²) in [5.74, 6) is -0.00323. The van der Waals surface area contributed by atoms with Gasteiger partial charge in [-0.25, -0.2) is 4.98 Å². The van der Waals surface area contributed by atoms with Gasteiger partial charge in [-0.1, -0.05) is 0 Å². The van der Waals surface area contributed by atoms with Crippen LogP contribution in [0.15, 0.2) is 35.5 Å². The molecule has 3 N–H and O–H groups in total. The highest BCUT2D eigenvalue weighted by Gasteiger charge is 2.45. The van der Waals surface area contributed by atoms with Gasteiger partial charge in [-0.15, -0.1) is 22.7 Å². The molecule has 5 rings (SSSR count). The van der Waals surface area contributed by atoms with Gasteiger partial charge in [0.05, 0.1) is 34.3 Å². The molecule has 1 amide bonds. The number of likely N-dealkylation sites (tertiary alicyclic amines) is 1. The highest BCUT2D eigenvalue weighted by molar-refractivity contribution is 8.24. The van der Waals surface area contributed by atoms with Crippen LogP contribution < -0.4 is 5.32 Å². The Morgan fingerprint density at radius 2 is 1.98 bits per heavy atom. The molecule has 14 heteroatoms. The van der Waals surface area contributed by atoms with Crippen molar-refractivity contribution in [1.82, 2.24) is 20.2 Å². The third-order valence-corrected chi connectivity index (χ3v) is 12.1. The van der Waals surface area contributed by atoms with Crippen LogP contribution in [0.25, 0.3) is 0 Å². The number of halogens is 3. The van der Waals surface area contributed by atoms with Gasteiger partial charge in [0.2, 0.25) is 0 Å². The van der Waals surface area contributed by atoms with Gasteiger partial charge in [0.1, 0.15) is 5.60 Å². The molecule has 1 unspecified atom stereocenters. The van der Waals surface area contributed by atoms with E-state index in [4.69, 9.17) is 4.74 Å². The van der Waals surface area contributed by atoms with Gasteiger partial charge in [0.25, 0.3) is 5.91 Å². The van der Waals surface area contributed by atoms with E-state index in [2.05, 4.69) is 20.2 Å². The van der Waals surface area contributed by atoms with Crippen molar-refractivity contribution in [1.29, 1.82) is 0 Å².